The van der Waals surface area contributed by atoms with Crippen molar-refractivity contribution in [1.29, 1.82) is 0 Å². The van der Waals surface area contributed by atoms with E-state index in [1.165, 1.54) is 12.1 Å². The maximum Gasteiger partial charge on any atom is 0.234 e. The Labute approximate surface area is 359 Å². The first kappa shape index (κ1) is 41.7. The zero-order chi connectivity index (χ0) is 43.2. The molecule has 4 aromatic rings. The number of ether oxygens (including phenoxy) is 1. The highest BCUT2D eigenvalue weighted by Gasteiger charge is 2.37. The topological polar surface area (TPSA) is 164 Å². The van der Waals surface area contributed by atoms with Gasteiger partial charge in [-0.1, -0.05) is 6.92 Å². The lowest BCUT2D eigenvalue weighted by atomic mass is 9.89. The molecule has 0 radical (unpaired) electrons. The van der Waals surface area contributed by atoms with E-state index < -0.39 is 35.6 Å². The molecule has 4 N–H and O–H groups in total. The van der Waals surface area contributed by atoms with Gasteiger partial charge in [-0.05, 0) is 87.4 Å². The average Bonchev–Trinajstić information content (AvgIpc) is 3.79. The fourth-order valence-electron chi connectivity index (χ4n) is 9.84. The molecular formula is C45H54F2N10O5. The Morgan fingerprint density at radius 2 is 1.71 bits per heavy atom. The van der Waals surface area contributed by atoms with Crippen LogP contribution in [0.5, 0.6) is 5.88 Å². The van der Waals surface area contributed by atoms with Crippen LogP contribution in [0.3, 0.4) is 0 Å². The van der Waals surface area contributed by atoms with Crippen LogP contribution in [0.2, 0.25) is 0 Å². The number of aliphatic hydroxyl groups is 2. The standard InChI is InChI=1S/C45H54F2N10O5/c1-26-5-4-16-62-44-34(22-48-53(44)3)38-18-28(17-27(2)49-38)42(60)52-45-50-37-8-6-30(21-39(37)57(45)23-26)55-14-15-56(32(24-55)25-58)29-10-12-54(13-11-29)31-19-35(46)41(36(47)20-31)33-7-9-40(59)51-43(33)61/h6,8,17-22,26,29,32-33,42,58,60H,4-5,7,9-16,23-25H2,1-3H3,(H,50,52)(H,51,59,61)/t26-,32+,33-,42?/m1/s1. The van der Waals surface area contributed by atoms with E-state index >= 15 is 8.78 Å². The van der Waals surface area contributed by atoms with E-state index in [-0.39, 0.29) is 43.0 Å². The molecule has 328 valence electrons. The number of anilines is 4. The van der Waals surface area contributed by atoms with Gasteiger partial charge in [-0.2, -0.15) is 5.10 Å². The van der Waals surface area contributed by atoms with Crippen molar-refractivity contribution in [3.05, 3.63) is 77.1 Å². The van der Waals surface area contributed by atoms with Crippen LogP contribution in [-0.4, -0.2) is 112 Å². The quantitative estimate of drug-likeness (QED) is 0.203. The summed E-state index contributed by atoms with van der Waals surface area (Å²) in [7, 11) is 1.85. The van der Waals surface area contributed by atoms with E-state index in [0.29, 0.717) is 61.6 Å². The maximum atomic E-state index is 15.4. The zero-order valence-electron chi connectivity index (χ0n) is 35.4. The van der Waals surface area contributed by atoms with Gasteiger partial charge in [0, 0.05) is 87.0 Å². The number of piperazine rings is 1. The van der Waals surface area contributed by atoms with Gasteiger partial charge < -0.3 is 35.0 Å². The number of rotatable bonds is 5. The number of aliphatic imine (C=N–C) groups is 1. The third-order valence-corrected chi connectivity index (χ3v) is 13.1. The summed E-state index contributed by atoms with van der Waals surface area (Å²) in [5, 5.41) is 32.4. The number of nitrogens with zero attached hydrogens (tertiary/aromatic N) is 8. The number of imide groups is 1. The number of aryl methyl sites for hydroxylation is 2. The largest absolute Gasteiger partial charge is 0.477 e. The number of guanidine groups is 1. The number of pyridine rings is 1. The molecule has 2 amide bonds. The molecule has 0 spiro atoms. The van der Waals surface area contributed by atoms with Crippen molar-refractivity contribution in [2.24, 2.45) is 18.0 Å². The minimum absolute atomic E-state index is 0.0126. The van der Waals surface area contributed by atoms with E-state index in [2.05, 4.69) is 55.6 Å². The minimum Gasteiger partial charge on any atom is -0.477 e. The number of hydrogen-bond donors (Lipinski definition) is 4. The van der Waals surface area contributed by atoms with Gasteiger partial charge in [-0.3, -0.25) is 24.8 Å². The number of aromatic nitrogens is 3. The van der Waals surface area contributed by atoms with Crippen LogP contribution in [0.25, 0.3) is 11.3 Å². The predicted octanol–water partition coefficient (Wildman–Crippen LogP) is 4.83. The predicted molar refractivity (Wildman–Crippen MR) is 231 cm³/mol. The summed E-state index contributed by atoms with van der Waals surface area (Å²) in [5.74, 6) is -2.22. The molecule has 9 rings (SSSR count). The summed E-state index contributed by atoms with van der Waals surface area (Å²) in [6.45, 7) is 8.58. The van der Waals surface area contributed by atoms with Crippen molar-refractivity contribution in [3.8, 4) is 17.1 Å². The van der Waals surface area contributed by atoms with Crippen LogP contribution in [0, 0.1) is 24.5 Å². The van der Waals surface area contributed by atoms with Gasteiger partial charge in [0.2, 0.25) is 23.7 Å². The number of fused-ring (bicyclic) bond motifs is 7. The molecule has 17 heteroatoms. The third-order valence-electron chi connectivity index (χ3n) is 13.1. The van der Waals surface area contributed by atoms with Crippen molar-refractivity contribution < 1.29 is 33.3 Å². The van der Waals surface area contributed by atoms with Crippen molar-refractivity contribution in [3.63, 3.8) is 0 Å². The van der Waals surface area contributed by atoms with Crippen LogP contribution in [0.15, 0.2) is 53.7 Å². The molecule has 0 saturated carbocycles. The second-order valence-electron chi connectivity index (χ2n) is 17.3. The number of nitrogens with one attached hydrogen (secondary N) is 2. The summed E-state index contributed by atoms with van der Waals surface area (Å²) in [6, 6.07) is 12.7. The second-order valence-corrected chi connectivity index (χ2v) is 17.3. The molecule has 2 bridgehead atoms. The van der Waals surface area contributed by atoms with Crippen LogP contribution in [0.1, 0.15) is 74.4 Å². The third kappa shape index (κ3) is 8.20. The number of halogens is 2. The Balaban J connectivity index is 0.885. The Bertz CT molecular complexity index is 2360. The van der Waals surface area contributed by atoms with E-state index in [9.17, 15) is 19.8 Å². The number of carbonyl (C=O) groups is 2. The SMILES string of the molecule is Cc1cc2cc(n1)-c1cnn(C)c1OCCC[C@@H](C)CN1/C(=N/C2O)Nc2ccc(N3CCN(C4CCN(c5cc(F)c([C@H]6CCC(=O)NC6=O)c(F)c5)CC4)[C@H](CO)C3)cc21. The van der Waals surface area contributed by atoms with E-state index in [0.717, 1.165) is 67.1 Å². The van der Waals surface area contributed by atoms with E-state index in [1.807, 2.05) is 31.0 Å². The first-order chi connectivity index (χ1) is 29.9. The van der Waals surface area contributed by atoms with Gasteiger partial charge >= 0.3 is 0 Å². The van der Waals surface area contributed by atoms with Crippen molar-refractivity contribution in [2.75, 3.05) is 72.5 Å². The molecule has 5 aliphatic heterocycles. The normalized spacial score (nSPS) is 24.8. The highest BCUT2D eigenvalue weighted by molar-refractivity contribution is 6.15. The van der Waals surface area contributed by atoms with E-state index in [1.54, 1.807) is 10.9 Å². The molecule has 62 heavy (non-hydrogen) atoms. The highest BCUT2D eigenvalue weighted by Crippen LogP contribution is 2.40. The number of hydrogen-bond acceptors (Lipinski definition) is 13. The fraction of sp³-hybridized carbons (Fsp3) is 0.489. The van der Waals surface area contributed by atoms with Gasteiger partial charge in [-0.15, -0.1) is 0 Å². The van der Waals surface area contributed by atoms with Gasteiger partial charge in [0.1, 0.15) is 11.6 Å². The van der Waals surface area contributed by atoms with Gasteiger partial charge in [0.25, 0.3) is 0 Å². The van der Waals surface area contributed by atoms with Crippen LogP contribution in [0.4, 0.5) is 31.5 Å². The molecule has 4 atom stereocenters. The molecule has 15 nitrogen and oxygen atoms in total. The van der Waals surface area contributed by atoms with Crippen LogP contribution in [-0.2, 0) is 16.6 Å². The minimum atomic E-state index is -1.16. The lowest BCUT2D eigenvalue weighted by Gasteiger charge is -2.48. The fourth-order valence-corrected chi connectivity index (χ4v) is 9.84. The van der Waals surface area contributed by atoms with Gasteiger partial charge in [-0.25, -0.2) is 18.5 Å². The summed E-state index contributed by atoms with van der Waals surface area (Å²) in [6.07, 6.45) is 3.96. The molecule has 3 saturated heterocycles. The molecule has 5 aliphatic rings. The maximum absolute atomic E-state index is 15.4. The zero-order valence-corrected chi connectivity index (χ0v) is 35.4. The summed E-state index contributed by atoms with van der Waals surface area (Å²) < 4.78 is 38.7. The summed E-state index contributed by atoms with van der Waals surface area (Å²) >= 11 is 0. The van der Waals surface area contributed by atoms with Crippen molar-refractivity contribution >= 4 is 40.5 Å². The number of aliphatic hydroxyl groups excluding tert-OH is 2. The molecular weight excluding hydrogens is 799 g/mol. The van der Waals surface area contributed by atoms with Crippen molar-refractivity contribution in [2.45, 2.75) is 76.6 Å². The Morgan fingerprint density at radius 3 is 2.47 bits per heavy atom. The number of benzene rings is 2. The van der Waals surface area contributed by atoms with Gasteiger partial charge in [0.15, 0.2) is 6.23 Å². The van der Waals surface area contributed by atoms with Crippen LogP contribution >= 0.6 is 0 Å². The van der Waals surface area contributed by atoms with E-state index in [4.69, 9.17) is 14.7 Å². The average molecular weight is 853 g/mol. The number of amides is 2. The summed E-state index contributed by atoms with van der Waals surface area (Å²) in [4.78, 5) is 42.4. The lowest BCUT2D eigenvalue weighted by molar-refractivity contribution is -0.134. The molecule has 2 aromatic heterocycles. The number of piperidine rings is 2. The molecule has 7 heterocycles. The van der Waals surface area contributed by atoms with Gasteiger partial charge in [0.05, 0.1) is 54.0 Å². The molecule has 3 fully saturated rings. The summed E-state index contributed by atoms with van der Waals surface area (Å²) in [5.41, 5.74) is 5.81. The molecule has 2 aromatic carbocycles. The molecule has 1 unspecified atom stereocenters. The Morgan fingerprint density at radius 1 is 0.919 bits per heavy atom. The van der Waals surface area contributed by atoms with Crippen molar-refractivity contribution in [1.82, 2.24) is 25.0 Å². The number of carbonyl (C=O) groups excluding carboxylic acids is 2. The smallest absolute Gasteiger partial charge is 0.234 e. The molecule has 0 aliphatic carbocycles. The highest BCUT2D eigenvalue weighted by atomic mass is 19.1. The first-order valence-corrected chi connectivity index (χ1v) is 21.7. The first-order valence-electron chi connectivity index (χ1n) is 21.7. The lowest BCUT2D eigenvalue weighted by Crippen LogP contribution is -2.59. The monoisotopic (exact) mass is 852 g/mol. The Hall–Kier alpha value is -5.65. The second kappa shape index (κ2) is 17.3. The Kier molecular flexibility index (Phi) is 11.6. The van der Waals surface area contributed by atoms with Crippen LogP contribution < -0.4 is 30.1 Å².